The molecule has 2 fully saturated rings. The molecule has 0 amide bonds. The molecule has 0 aliphatic carbocycles. The number of hydrogen-bond acceptors (Lipinski definition) is 7. The molecular formula is C18H26N6O. The van der Waals surface area contributed by atoms with E-state index < -0.39 is 0 Å². The Morgan fingerprint density at radius 1 is 1.12 bits per heavy atom. The van der Waals surface area contributed by atoms with Gasteiger partial charge in [-0.05, 0) is 25.7 Å². The van der Waals surface area contributed by atoms with E-state index >= 15 is 0 Å². The van der Waals surface area contributed by atoms with Gasteiger partial charge in [-0.2, -0.15) is 4.98 Å². The van der Waals surface area contributed by atoms with E-state index in [9.17, 15) is 0 Å². The molecule has 0 saturated carbocycles. The fourth-order valence-corrected chi connectivity index (χ4v) is 3.99. The Morgan fingerprint density at radius 3 is 2.48 bits per heavy atom. The van der Waals surface area contributed by atoms with Crippen LogP contribution in [0.25, 0.3) is 0 Å². The molecule has 2 aliphatic rings. The molecule has 7 nitrogen and oxygen atoms in total. The van der Waals surface area contributed by atoms with E-state index in [2.05, 4.69) is 57.6 Å². The minimum absolute atomic E-state index is 0.309. The summed E-state index contributed by atoms with van der Waals surface area (Å²) in [7, 11) is 0. The zero-order valence-corrected chi connectivity index (χ0v) is 15.4. The molecule has 2 unspecified atom stereocenters. The highest BCUT2D eigenvalue weighted by Gasteiger charge is 2.41. The average Bonchev–Trinajstić information content (AvgIpc) is 3.25. The first-order valence-corrected chi connectivity index (χ1v) is 9.09. The van der Waals surface area contributed by atoms with Crippen LogP contribution in [0.2, 0.25) is 0 Å². The van der Waals surface area contributed by atoms with Gasteiger partial charge in [0.1, 0.15) is 12.1 Å². The van der Waals surface area contributed by atoms with E-state index in [4.69, 9.17) is 4.52 Å². The quantitative estimate of drug-likeness (QED) is 0.843. The van der Waals surface area contributed by atoms with Gasteiger partial charge < -0.3 is 9.42 Å². The van der Waals surface area contributed by atoms with Crippen LogP contribution in [0, 0.1) is 25.7 Å². The number of rotatable bonds is 4. The SMILES string of the molecule is Cc1ncnc(N2CC3CN(Cc4nc(C(C)C)no4)CC3C2)c1C. The third-order valence-electron chi connectivity index (χ3n) is 5.53. The highest BCUT2D eigenvalue weighted by molar-refractivity contribution is 5.48. The number of aryl methyl sites for hydroxylation is 1. The lowest BCUT2D eigenvalue weighted by molar-refractivity contribution is 0.254. The van der Waals surface area contributed by atoms with Crippen LogP contribution in [-0.2, 0) is 6.54 Å². The minimum atomic E-state index is 0.309. The third kappa shape index (κ3) is 3.13. The van der Waals surface area contributed by atoms with Crippen molar-refractivity contribution in [3.8, 4) is 0 Å². The van der Waals surface area contributed by atoms with Crippen molar-refractivity contribution in [2.45, 2.75) is 40.2 Å². The molecule has 0 bridgehead atoms. The van der Waals surface area contributed by atoms with Gasteiger partial charge in [0.2, 0.25) is 5.89 Å². The molecule has 0 N–H and O–H groups in total. The molecule has 0 spiro atoms. The van der Waals surface area contributed by atoms with Gasteiger partial charge >= 0.3 is 0 Å². The molecule has 0 aromatic carbocycles. The van der Waals surface area contributed by atoms with E-state index in [1.165, 1.54) is 5.56 Å². The van der Waals surface area contributed by atoms with Crippen molar-refractivity contribution in [1.29, 1.82) is 0 Å². The predicted octanol–water partition coefficient (Wildman–Crippen LogP) is 2.17. The minimum Gasteiger partial charge on any atom is -0.356 e. The second-order valence-electron chi connectivity index (χ2n) is 7.73. The molecule has 2 atom stereocenters. The molecule has 2 aromatic rings. The van der Waals surface area contributed by atoms with E-state index in [1.54, 1.807) is 6.33 Å². The Morgan fingerprint density at radius 2 is 1.84 bits per heavy atom. The van der Waals surface area contributed by atoms with Crippen LogP contribution in [0.15, 0.2) is 10.9 Å². The molecule has 134 valence electrons. The van der Waals surface area contributed by atoms with Gasteiger partial charge in [0.05, 0.1) is 6.54 Å². The summed E-state index contributed by atoms with van der Waals surface area (Å²) in [5.74, 6) is 4.32. The van der Waals surface area contributed by atoms with E-state index in [0.29, 0.717) is 17.8 Å². The molecule has 7 heteroatoms. The van der Waals surface area contributed by atoms with Crippen LogP contribution < -0.4 is 4.90 Å². The van der Waals surface area contributed by atoms with Gasteiger partial charge in [-0.25, -0.2) is 9.97 Å². The van der Waals surface area contributed by atoms with Crippen molar-refractivity contribution in [1.82, 2.24) is 25.0 Å². The van der Waals surface area contributed by atoms with Crippen molar-refractivity contribution >= 4 is 5.82 Å². The highest BCUT2D eigenvalue weighted by atomic mass is 16.5. The monoisotopic (exact) mass is 342 g/mol. The maximum Gasteiger partial charge on any atom is 0.240 e. The summed E-state index contributed by atoms with van der Waals surface area (Å²) in [5, 5.41) is 4.06. The fraction of sp³-hybridized carbons (Fsp3) is 0.667. The molecule has 4 rings (SSSR count). The van der Waals surface area contributed by atoms with Crippen LogP contribution in [-0.4, -0.2) is 51.2 Å². The second kappa shape index (κ2) is 6.37. The van der Waals surface area contributed by atoms with Gasteiger partial charge in [-0.15, -0.1) is 0 Å². The zero-order chi connectivity index (χ0) is 17.6. The molecular weight excluding hydrogens is 316 g/mol. The summed E-state index contributed by atoms with van der Waals surface area (Å²) in [4.78, 5) is 18.2. The summed E-state index contributed by atoms with van der Waals surface area (Å²) in [6, 6.07) is 0. The largest absolute Gasteiger partial charge is 0.356 e. The number of fused-ring (bicyclic) bond motifs is 1. The number of nitrogens with zero attached hydrogens (tertiary/aromatic N) is 6. The topological polar surface area (TPSA) is 71.2 Å². The van der Waals surface area contributed by atoms with Crippen molar-refractivity contribution in [3.05, 3.63) is 29.3 Å². The Kier molecular flexibility index (Phi) is 4.19. The molecule has 2 aliphatic heterocycles. The Labute approximate surface area is 148 Å². The Balaban J connectivity index is 1.38. The van der Waals surface area contributed by atoms with E-state index in [1.807, 2.05) is 0 Å². The van der Waals surface area contributed by atoms with Crippen molar-refractivity contribution in [3.63, 3.8) is 0 Å². The zero-order valence-electron chi connectivity index (χ0n) is 15.4. The number of anilines is 1. The molecule has 2 saturated heterocycles. The molecule has 0 radical (unpaired) electrons. The highest BCUT2D eigenvalue weighted by Crippen LogP contribution is 2.35. The maximum atomic E-state index is 5.40. The van der Waals surface area contributed by atoms with Gasteiger partial charge in [-0.1, -0.05) is 19.0 Å². The van der Waals surface area contributed by atoms with Gasteiger partial charge in [0, 0.05) is 43.4 Å². The smallest absolute Gasteiger partial charge is 0.240 e. The maximum absolute atomic E-state index is 5.40. The molecule has 2 aromatic heterocycles. The van der Waals surface area contributed by atoms with E-state index in [-0.39, 0.29) is 0 Å². The first-order valence-electron chi connectivity index (χ1n) is 9.09. The normalized spacial score (nSPS) is 23.6. The first-order chi connectivity index (χ1) is 12.0. The van der Waals surface area contributed by atoms with Crippen LogP contribution in [0.1, 0.15) is 42.7 Å². The lowest BCUT2D eigenvalue weighted by Crippen LogP contribution is -2.29. The lowest BCUT2D eigenvalue weighted by Gasteiger charge is -2.23. The van der Waals surface area contributed by atoms with Crippen molar-refractivity contribution in [2.24, 2.45) is 11.8 Å². The van der Waals surface area contributed by atoms with Gasteiger partial charge in [-0.3, -0.25) is 4.90 Å². The number of hydrogen-bond donors (Lipinski definition) is 0. The lowest BCUT2D eigenvalue weighted by atomic mass is 10.0. The van der Waals surface area contributed by atoms with E-state index in [0.717, 1.165) is 56.0 Å². The van der Waals surface area contributed by atoms with Crippen LogP contribution in [0.3, 0.4) is 0 Å². The average molecular weight is 342 g/mol. The third-order valence-corrected chi connectivity index (χ3v) is 5.53. The standard InChI is InChI=1S/C18H26N6O/c1-11(2)17-21-16(25-22-17)9-23-5-14-7-24(8-15(14)6-23)18-12(3)13(4)19-10-20-18/h10-11,14-15H,5-9H2,1-4H3. The molecule has 25 heavy (non-hydrogen) atoms. The van der Waals surface area contributed by atoms with Crippen LogP contribution in [0.4, 0.5) is 5.82 Å². The van der Waals surface area contributed by atoms with Crippen LogP contribution >= 0.6 is 0 Å². The second-order valence-corrected chi connectivity index (χ2v) is 7.73. The first kappa shape index (κ1) is 16.4. The van der Waals surface area contributed by atoms with Crippen molar-refractivity contribution < 1.29 is 4.52 Å². The van der Waals surface area contributed by atoms with Crippen LogP contribution in [0.5, 0.6) is 0 Å². The Bertz CT molecular complexity index is 744. The van der Waals surface area contributed by atoms with Crippen molar-refractivity contribution in [2.75, 3.05) is 31.1 Å². The number of aromatic nitrogens is 4. The molecule has 4 heterocycles. The fourth-order valence-electron chi connectivity index (χ4n) is 3.99. The number of likely N-dealkylation sites (tertiary alicyclic amines) is 1. The summed E-state index contributed by atoms with van der Waals surface area (Å²) in [5.41, 5.74) is 2.27. The Hall–Kier alpha value is -2.02. The van der Waals surface area contributed by atoms with Gasteiger partial charge in [0.25, 0.3) is 0 Å². The summed E-state index contributed by atoms with van der Waals surface area (Å²) < 4.78 is 5.40. The van der Waals surface area contributed by atoms with Gasteiger partial charge in [0.15, 0.2) is 5.82 Å². The summed E-state index contributed by atoms with van der Waals surface area (Å²) in [6.07, 6.45) is 1.68. The predicted molar refractivity (Wildman–Crippen MR) is 94.4 cm³/mol. The summed E-state index contributed by atoms with van der Waals surface area (Å²) >= 11 is 0. The summed E-state index contributed by atoms with van der Waals surface area (Å²) in [6.45, 7) is 13.4.